The summed E-state index contributed by atoms with van der Waals surface area (Å²) in [6, 6.07) is 5.44. The average molecular weight is 554 g/mol. The molecule has 6 heteroatoms. The number of carbonyl (C=O) groups is 3. The van der Waals surface area contributed by atoms with Crippen LogP contribution < -0.4 is 16.0 Å². The topological polar surface area (TPSA) is 87.3 Å². The molecule has 0 radical (unpaired) electrons. The monoisotopic (exact) mass is 553 g/mol. The molecule has 0 aromatic heterocycles. The maximum Gasteiger partial charge on any atom is 0.231 e. The van der Waals surface area contributed by atoms with Crippen LogP contribution in [0.15, 0.2) is 18.2 Å². The van der Waals surface area contributed by atoms with Gasteiger partial charge >= 0.3 is 0 Å². The van der Waals surface area contributed by atoms with E-state index in [2.05, 4.69) is 57.5 Å². The van der Waals surface area contributed by atoms with Crippen LogP contribution >= 0.6 is 0 Å². The van der Waals surface area contributed by atoms with E-state index in [4.69, 9.17) is 0 Å². The summed E-state index contributed by atoms with van der Waals surface area (Å²) in [4.78, 5) is 40.0. The van der Waals surface area contributed by atoms with E-state index in [1.165, 1.54) is 0 Å². The van der Waals surface area contributed by atoms with Crippen molar-refractivity contribution in [2.75, 3.05) is 16.0 Å². The molecule has 2 saturated carbocycles. The predicted octanol–water partition coefficient (Wildman–Crippen LogP) is 8.79. The Morgan fingerprint density at radius 3 is 1.70 bits per heavy atom. The minimum Gasteiger partial charge on any atom is -0.326 e. The summed E-state index contributed by atoms with van der Waals surface area (Å²) in [5.41, 5.74) is 1.24. The van der Waals surface area contributed by atoms with Crippen molar-refractivity contribution < 1.29 is 14.4 Å². The number of amides is 3. The molecule has 1 aromatic rings. The number of anilines is 3. The van der Waals surface area contributed by atoms with E-state index >= 15 is 0 Å². The molecule has 6 nitrogen and oxygen atoms in total. The Morgan fingerprint density at radius 1 is 0.725 bits per heavy atom. The summed E-state index contributed by atoms with van der Waals surface area (Å²) < 4.78 is 0. The molecule has 0 heterocycles. The molecule has 0 unspecified atom stereocenters. The Kier molecular flexibility index (Phi) is 9.84. The van der Waals surface area contributed by atoms with Crippen molar-refractivity contribution in [3.8, 4) is 0 Å². The highest BCUT2D eigenvalue weighted by atomic mass is 16.2. The minimum absolute atomic E-state index is 0.0150. The molecule has 2 fully saturated rings. The van der Waals surface area contributed by atoms with E-state index in [0.29, 0.717) is 29.4 Å². The molecule has 3 rings (SSSR count). The number of rotatable bonds is 6. The third-order valence-corrected chi connectivity index (χ3v) is 9.33. The van der Waals surface area contributed by atoms with E-state index < -0.39 is 5.41 Å². The lowest BCUT2D eigenvalue weighted by Crippen LogP contribution is -2.47. The standard InChI is InChI=1S/C34H55N3O3/c1-31(2,3)22-28(38)35-25-19-26(36-29(39)23-13-15-24(16-14-23)32(4,5)6)21-27(20-25)37-30(40)34(33(7,8)9)17-11-10-12-18-34/h19-21,23-24H,10-18,22H2,1-9H3,(H,35,38)(H,36,39)(H,37,40). The van der Waals surface area contributed by atoms with E-state index in [1.54, 1.807) is 6.07 Å². The van der Waals surface area contributed by atoms with Gasteiger partial charge in [-0.2, -0.15) is 0 Å². The molecule has 1 aromatic carbocycles. The molecular formula is C34H55N3O3. The van der Waals surface area contributed by atoms with Gasteiger partial charge in [0, 0.05) is 29.4 Å². The number of hydrogen-bond acceptors (Lipinski definition) is 3. The zero-order chi connectivity index (χ0) is 29.9. The highest BCUT2D eigenvalue weighted by Gasteiger charge is 2.48. The molecule has 3 N–H and O–H groups in total. The first-order valence-electron chi connectivity index (χ1n) is 15.5. The largest absolute Gasteiger partial charge is 0.326 e. The first kappa shape index (κ1) is 32.1. The highest BCUT2D eigenvalue weighted by Crippen LogP contribution is 2.50. The van der Waals surface area contributed by atoms with Gasteiger partial charge in [-0.15, -0.1) is 0 Å². The average Bonchev–Trinajstić information content (AvgIpc) is 2.82. The Morgan fingerprint density at radius 2 is 1.23 bits per heavy atom. The first-order chi connectivity index (χ1) is 18.4. The van der Waals surface area contributed by atoms with Gasteiger partial charge in [0.05, 0.1) is 5.41 Å². The van der Waals surface area contributed by atoms with Crippen molar-refractivity contribution >= 4 is 34.8 Å². The molecule has 0 bridgehead atoms. The van der Waals surface area contributed by atoms with Gasteiger partial charge in [-0.1, -0.05) is 81.6 Å². The minimum atomic E-state index is -0.453. The number of benzene rings is 1. The van der Waals surface area contributed by atoms with Crippen LogP contribution in [-0.2, 0) is 14.4 Å². The third-order valence-electron chi connectivity index (χ3n) is 9.33. The molecule has 0 spiro atoms. The Labute approximate surface area is 243 Å². The summed E-state index contributed by atoms with van der Waals surface area (Å²) in [6.07, 6.45) is 9.24. The van der Waals surface area contributed by atoms with Crippen LogP contribution in [0.2, 0.25) is 0 Å². The van der Waals surface area contributed by atoms with Crippen LogP contribution in [0.5, 0.6) is 0 Å². The van der Waals surface area contributed by atoms with Crippen LogP contribution in [-0.4, -0.2) is 17.7 Å². The van der Waals surface area contributed by atoms with Gasteiger partial charge in [0.25, 0.3) is 0 Å². The molecular weight excluding hydrogens is 498 g/mol. The van der Waals surface area contributed by atoms with Crippen LogP contribution in [0.1, 0.15) is 127 Å². The molecule has 3 amide bonds. The summed E-state index contributed by atoms with van der Waals surface area (Å²) in [5.74, 6) is 0.556. The molecule has 0 saturated heterocycles. The van der Waals surface area contributed by atoms with Gasteiger partial charge in [-0.25, -0.2) is 0 Å². The molecule has 0 aliphatic heterocycles. The summed E-state index contributed by atoms with van der Waals surface area (Å²) >= 11 is 0. The fourth-order valence-corrected chi connectivity index (χ4v) is 6.72. The Bertz CT molecular complexity index is 1060. The zero-order valence-electron chi connectivity index (χ0n) is 26.7. The molecule has 2 aliphatic rings. The molecule has 40 heavy (non-hydrogen) atoms. The van der Waals surface area contributed by atoms with E-state index in [0.717, 1.165) is 57.8 Å². The maximum atomic E-state index is 13.9. The number of nitrogens with one attached hydrogen (secondary N) is 3. The fourth-order valence-electron chi connectivity index (χ4n) is 6.72. The second kappa shape index (κ2) is 12.2. The normalized spacial score (nSPS) is 21.8. The fraction of sp³-hybridized carbons (Fsp3) is 0.735. The highest BCUT2D eigenvalue weighted by molar-refractivity contribution is 6.00. The summed E-state index contributed by atoms with van der Waals surface area (Å²) in [5, 5.41) is 9.32. The van der Waals surface area contributed by atoms with E-state index in [1.807, 2.05) is 32.9 Å². The second-order valence-corrected chi connectivity index (χ2v) is 15.8. The van der Waals surface area contributed by atoms with Crippen LogP contribution in [0.4, 0.5) is 17.1 Å². The van der Waals surface area contributed by atoms with Crippen molar-refractivity contribution in [3.63, 3.8) is 0 Å². The lowest BCUT2D eigenvalue weighted by Gasteiger charge is -2.46. The molecule has 0 atom stereocenters. The first-order valence-corrected chi connectivity index (χ1v) is 15.5. The van der Waals surface area contributed by atoms with E-state index in [-0.39, 0.29) is 39.9 Å². The van der Waals surface area contributed by atoms with Gasteiger partial charge < -0.3 is 16.0 Å². The van der Waals surface area contributed by atoms with Gasteiger partial charge in [-0.05, 0) is 78.9 Å². The van der Waals surface area contributed by atoms with Crippen LogP contribution in [0, 0.1) is 33.5 Å². The van der Waals surface area contributed by atoms with Crippen molar-refractivity contribution in [2.24, 2.45) is 33.5 Å². The Balaban J connectivity index is 1.83. The van der Waals surface area contributed by atoms with Gasteiger partial charge in [-0.3, -0.25) is 14.4 Å². The van der Waals surface area contributed by atoms with Crippen molar-refractivity contribution in [1.82, 2.24) is 0 Å². The van der Waals surface area contributed by atoms with Gasteiger partial charge in [0.15, 0.2) is 0 Å². The third kappa shape index (κ3) is 8.33. The smallest absolute Gasteiger partial charge is 0.231 e. The van der Waals surface area contributed by atoms with Crippen molar-refractivity contribution in [3.05, 3.63) is 18.2 Å². The quantitative estimate of drug-likeness (QED) is 0.329. The molecule has 2 aliphatic carbocycles. The molecule has 224 valence electrons. The lowest BCUT2D eigenvalue weighted by atomic mass is 9.59. The van der Waals surface area contributed by atoms with Gasteiger partial charge in [0.1, 0.15) is 0 Å². The van der Waals surface area contributed by atoms with Crippen molar-refractivity contribution in [1.29, 1.82) is 0 Å². The zero-order valence-corrected chi connectivity index (χ0v) is 26.7. The van der Waals surface area contributed by atoms with Crippen LogP contribution in [0.25, 0.3) is 0 Å². The second-order valence-electron chi connectivity index (χ2n) is 15.8. The van der Waals surface area contributed by atoms with Crippen molar-refractivity contribution in [2.45, 2.75) is 127 Å². The lowest BCUT2D eigenvalue weighted by molar-refractivity contribution is -0.135. The number of carbonyl (C=O) groups excluding carboxylic acids is 3. The SMILES string of the molecule is CC(C)(C)CC(=O)Nc1cc(NC(=O)C2CCC(C(C)(C)C)CC2)cc(NC(=O)C2(C(C)(C)C)CCCCC2)c1. The van der Waals surface area contributed by atoms with Crippen LogP contribution in [0.3, 0.4) is 0 Å². The maximum absolute atomic E-state index is 13.9. The summed E-state index contributed by atoms with van der Waals surface area (Å²) in [6.45, 7) is 19.4. The Hall–Kier alpha value is -2.37. The predicted molar refractivity (Wildman–Crippen MR) is 166 cm³/mol. The summed E-state index contributed by atoms with van der Waals surface area (Å²) in [7, 11) is 0. The van der Waals surface area contributed by atoms with E-state index in [9.17, 15) is 14.4 Å². The van der Waals surface area contributed by atoms with Gasteiger partial charge in [0.2, 0.25) is 17.7 Å². The number of hydrogen-bond donors (Lipinski definition) is 3.